The van der Waals surface area contributed by atoms with Gasteiger partial charge in [0.05, 0.1) is 18.3 Å². The van der Waals surface area contributed by atoms with Gasteiger partial charge in [0.15, 0.2) is 11.6 Å². The quantitative estimate of drug-likeness (QED) is 0.669. The lowest BCUT2D eigenvalue weighted by molar-refractivity contribution is 0.386. The molecule has 1 fully saturated rings. The van der Waals surface area contributed by atoms with E-state index in [2.05, 4.69) is 29.0 Å². The van der Waals surface area contributed by atoms with Crippen LogP contribution in [-0.4, -0.2) is 27.3 Å². The average Bonchev–Trinajstić information content (AvgIpc) is 3.41. The van der Waals surface area contributed by atoms with Gasteiger partial charge in [-0.15, -0.1) is 5.10 Å². The van der Waals surface area contributed by atoms with Gasteiger partial charge in [0.2, 0.25) is 0 Å². The minimum atomic E-state index is -0.409. The molecular weight excluding hydrogens is 343 g/mol. The minimum Gasteiger partial charge on any atom is -0.494 e. The summed E-state index contributed by atoms with van der Waals surface area (Å²) in [6, 6.07) is 3.16. The maximum Gasteiger partial charge on any atom is 0.165 e. The van der Waals surface area contributed by atoms with Crippen LogP contribution in [0.3, 0.4) is 0 Å². The van der Waals surface area contributed by atoms with Gasteiger partial charge in [0.1, 0.15) is 17.0 Å². The van der Waals surface area contributed by atoms with E-state index in [4.69, 9.17) is 9.72 Å². The second kappa shape index (κ2) is 6.91. The van der Waals surface area contributed by atoms with Crippen molar-refractivity contribution in [3.05, 3.63) is 35.0 Å². The standard InChI is InChI=1S/C21H25FN4O/c1-5-13(12-7-8-12)18-20-21(24-17(6-2)23-20)19(26-25-18)14-10-15(22)16(27-4)9-11(14)3/h9-10,12-13H,5-8H2,1-4H3,(H,23,24). The van der Waals surface area contributed by atoms with E-state index >= 15 is 0 Å². The van der Waals surface area contributed by atoms with Gasteiger partial charge in [-0.05, 0) is 49.8 Å². The van der Waals surface area contributed by atoms with Gasteiger partial charge in [-0.25, -0.2) is 9.37 Å². The third-order valence-corrected chi connectivity index (χ3v) is 5.56. The Bertz CT molecular complexity index is 994. The van der Waals surface area contributed by atoms with E-state index in [0.717, 1.165) is 41.0 Å². The van der Waals surface area contributed by atoms with Gasteiger partial charge in [-0.1, -0.05) is 13.8 Å². The number of benzene rings is 1. The van der Waals surface area contributed by atoms with E-state index in [0.29, 0.717) is 23.1 Å². The molecule has 3 aromatic rings. The molecule has 1 unspecified atom stereocenters. The number of nitrogens with one attached hydrogen (secondary N) is 1. The Labute approximate surface area is 158 Å². The first kappa shape index (κ1) is 17.9. The molecule has 0 aliphatic heterocycles. The van der Waals surface area contributed by atoms with E-state index < -0.39 is 5.82 Å². The maximum absolute atomic E-state index is 14.4. The molecular formula is C21H25FN4O. The summed E-state index contributed by atoms with van der Waals surface area (Å²) < 4.78 is 19.5. The summed E-state index contributed by atoms with van der Waals surface area (Å²) in [7, 11) is 1.47. The molecule has 1 aliphatic carbocycles. The summed E-state index contributed by atoms with van der Waals surface area (Å²) in [6.07, 6.45) is 4.33. The fourth-order valence-corrected chi connectivity index (χ4v) is 3.90. The first-order valence-corrected chi connectivity index (χ1v) is 9.67. The van der Waals surface area contributed by atoms with Crippen LogP contribution in [0.15, 0.2) is 12.1 Å². The van der Waals surface area contributed by atoms with Crippen molar-refractivity contribution in [1.29, 1.82) is 0 Å². The van der Waals surface area contributed by atoms with E-state index in [-0.39, 0.29) is 5.75 Å². The number of hydrogen-bond donors (Lipinski definition) is 1. The van der Waals surface area contributed by atoms with Gasteiger partial charge in [-0.3, -0.25) is 0 Å². The smallest absolute Gasteiger partial charge is 0.165 e. The first-order valence-electron chi connectivity index (χ1n) is 9.67. The molecule has 0 bridgehead atoms. The summed E-state index contributed by atoms with van der Waals surface area (Å²) >= 11 is 0. The molecule has 5 nitrogen and oxygen atoms in total. The summed E-state index contributed by atoms with van der Waals surface area (Å²) in [6.45, 7) is 6.18. The molecule has 6 heteroatoms. The van der Waals surface area contributed by atoms with Gasteiger partial charge in [-0.2, -0.15) is 5.10 Å². The van der Waals surface area contributed by atoms with Crippen molar-refractivity contribution in [3.8, 4) is 17.0 Å². The summed E-state index contributed by atoms with van der Waals surface area (Å²) in [4.78, 5) is 8.21. The van der Waals surface area contributed by atoms with Crippen molar-refractivity contribution in [2.45, 2.75) is 52.4 Å². The summed E-state index contributed by atoms with van der Waals surface area (Å²) in [5.74, 6) is 1.81. The van der Waals surface area contributed by atoms with Crippen LogP contribution in [0, 0.1) is 18.7 Å². The Balaban J connectivity index is 1.92. The number of ether oxygens (including phenoxy) is 1. The Morgan fingerprint density at radius 3 is 2.67 bits per heavy atom. The number of halogens is 1. The molecule has 0 saturated heterocycles. The fraction of sp³-hybridized carbons (Fsp3) is 0.476. The number of aryl methyl sites for hydroxylation is 2. The van der Waals surface area contributed by atoms with E-state index in [1.54, 1.807) is 6.07 Å². The fourth-order valence-electron chi connectivity index (χ4n) is 3.90. The largest absolute Gasteiger partial charge is 0.494 e. The third kappa shape index (κ3) is 3.07. The molecule has 2 aromatic heterocycles. The number of hydrogen-bond acceptors (Lipinski definition) is 4. The lowest BCUT2D eigenvalue weighted by atomic mass is 9.94. The van der Waals surface area contributed by atoms with Crippen molar-refractivity contribution in [3.63, 3.8) is 0 Å². The third-order valence-electron chi connectivity index (χ3n) is 5.56. The zero-order chi connectivity index (χ0) is 19.1. The van der Waals surface area contributed by atoms with Crippen molar-refractivity contribution >= 4 is 11.0 Å². The molecule has 142 valence electrons. The number of H-pyrrole nitrogens is 1. The Hall–Kier alpha value is -2.50. The molecule has 1 aromatic carbocycles. The SMILES string of the molecule is CCc1nc2c(-c3cc(F)c(OC)cc3C)nnc(C(CC)C3CC3)c2[nH]1. The van der Waals surface area contributed by atoms with Crippen molar-refractivity contribution in [2.75, 3.05) is 7.11 Å². The van der Waals surface area contributed by atoms with Crippen LogP contribution in [0.2, 0.25) is 0 Å². The first-order chi connectivity index (χ1) is 13.1. The van der Waals surface area contributed by atoms with Crippen molar-refractivity contribution < 1.29 is 9.13 Å². The second-order valence-electron chi connectivity index (χ2n) is 7.35. The number of rotatable bonds is 6. The van der Waals surface area contributed by atoms with Gasteiger partial charge in [0, 0.05) is 17.9 Å². The lowest BCUT2D eigenvalue weighted by Gasteiger charge is -2.15. The number of imidazole rings is 1. The van der Waals surface area contributed by atoms with Crippen LogP contribution < -0.4 is 4.74 Å². The van der Waals surface area contributed by atoms with Gasteiger partial charge < -0.3 is 9.72 Å². The normalized spacial score (nSPS) is 15.3. The van der Waals surface area contributed by atoms with Crippen LogP contribution in [0.5, 0.6) is 5.75 Å². The number of nitrogens with zero attached hydrogens (tertiary/aromatic N) is 3. The number of fused-ring (bicyclic) bond motifs is 1. The molecule has 1 saturated carbocycles. The number of methoxy groups -OCH3 is 1. The van der Waals surface area contributed by atoms with E-state index in [9.17, 15) is 4.39 Å². The number of aromatic nitrogens is 4. The Morgan fingerprint density at radius 2 is 2.04 bits per heavy atom. The van der Waals surface area contributed by atoms with Crippen LogP contribution in [0.4, 0.5) is 4.39 Å². The highest BCUT2D eigenvalue weighted by molar-refractivity contribution is 5.91. The van der Waals surface area contributed by atoms with Crippen LogP contribution >= 0.6 is 0 Å². The maximum atomic E-state index is 14.4. The number of aromatic amines is 1. The molecule has 1 atom stereocenters. The van der Waals surface area contributed by atoms with Crippen molar-refractivity contribution in [1.82, 2.24) is 20.2 Å². The highest BCUT2D eigenvalue weighted by atomic mass is 19.1. The minimum absolute atomic E-state index is 0.230. The molecule has 4 rings (SSSR count). The van der Waals surface area contributed by atoms with E-state index in [1.807, 2.05) is 6.92 Å². The second-order valence-corrected chi connectivity index (χ2v) is 7.35. The zero-order valence-electron chi connectivity index (χ0n) is 16.3. The molecule has 27 heavy (non-hydrogen) atoms. The highest BCUT2D eigenvalue weighted by Crippen LogP contribution is 2.45. The Kier molecular flexibility index (Phi) is 4.58. The van der Waals surface area contributed by atoms with Gasteiger partial charge in [0.25, 0.3) is 0 Å². The van der Waals surface area contributed by atoms with Crippen LogP contribution in [0.25, 0.3) is 22.3 Å². The zero-order valence-corrected chi connectivity index (χ0v) is 16.3. The highest BCUT2D eigenvalue weighted by Gasteiger charge is 2.34. The van der Waals surface area contributed by atoms with E-state index in [1.165, 1.54) is 26.0 Å². The Morgan fingerprint density at radius 1 is 1.26 bits per heavy atom. The van der Waals surface area contributed by atoms with Crippen LogP contribution in [0.1, 0.15) is 56.1 Å². The van der Waals surface area contributed by atoms with Crippen LogP contribution in [-0.2, 0) is 6.42 Å². The van der Waals surface area contributed by atoms with Gasteiger partial charge >= 0.3 is 0 Å². The molecule has 1 N–H and O–H groups in total. The molecule has 0 amide bonds. The molecule has 2 heterocycles. The topological polar surface area (TPSA) is 63.7 Å². The van der Waals surface area contributed by atoms with Crippen molar-refractivity contribution in [2.24, 2.45) is 5.92 Å². The average molecular weight is 368 g/mol. The molecule has 0 radical (unpaired) electrons. The predicted octanol–water partition coefficient (Wildman–Crippen LogP) is 4.94. The summed E-state index contributed by atoms with van der Waals surface area (Å²) in [5, 5.41) is 9.12. The lowest BCUT2D eigenvalue weighted by Crippen LogP contribution is -2.07. The molecule has 1 aliphatic rings. The monoisotopic (exact) mass is 368 g/mol. The summed E-state index contributed by atoms with van der Waals surface area (Å²) in [5.41, 5.74) is 4.93. The predicted molar refractivity (Wildman–Crippen MR) is 104 cm³/mol. The molecule has 0 spiro atoms.